The minimum absolute atomic E-state index is 0.548. The van der Waals surface area contributed by atoms with Gasteiger partial charge in [-0.05, 0) is 35.3 Å². The number of aromatic nitrogens is 4. The van der Waals surface area contributed by atoms with Crippen molar-refractivity contribution in [3.63, 3.8) is 0 Å². The number of hydrogen-bond acceptors (Lipinski definition) is 4. The quantitative estimate of drug-likeness (QED) is 0.865. The topological polar surface area (TPSA) is 54.5 Å². The first-order chi connectivity index (χ1) is 8.11. The van der Waals surface area contributed by atoms with Gasteiger partial charge in [0.25, 0.3) is 0 Å². The molecule has 0 aliphatic rings. The summed E-state index contributed by atoms with van der Waals surface area (Å²) in [6.45, 7) is 3.90. The molecule has 4 nitrogen and oxygen atoms in total. The molecule has 17 heavy (non-hydrogen) atoms. The first-order valence-corrected chi connectivity index (χ1v) is 6.40. The molecule has 0 amide bonds. The highest BCUT2D eigenvalue weighted by Crippen LogP contribution is 2.20. The van der Waals surface area contributed by atoms with Crippen LogP contribution in [0.5, 0.6) is 0 Å². The smallest absolute Gasteiger partial charge is 0.158 e. The van der Waals surface area contributed by atoms with Crippen molar-refractivity contribution in [1.82, 2.24) is 19.9 Å². The van der Waals surface area contributed by atoms with Gasteiger partial charge in [-0.3, -0.25) is 0 Å². The molecule has 0 fully saturated rings. The van der Waals surface area contributed by atoms with Gasteiger partial charge in [-0.1, -0.05) is 19.1 Å². The molecule has 1 N–H and O–H groups in total. The van der Waals surface area contributed by atoms with Crippen molar-refractivity contribution in [2.24, 2.45) is 0 Å². The summed E-state index contributed by atoms with van der Waals surface area (Å²) in [5.74, 6) is 1.39. The monoisotopic (exact) mass is 310 g/mol. The van der Waals surface area contributed by atoms with Gasteiger partial charge in [0.05, 0.1) is 4.47 Å². The molecule has 0 spiro atoms. The van der Waals surface area contributed by atoms with Gasteiger partial charge in [-0.2, -0.15) is 0 Å². The van der Waals surface area contributed by atoms with Gasteiger partial charge in [-0.25, -0.2) is 15.0 Å². The van der Waals surface area contributed by atoms with E-state index < -0.39 is 0 Å². The van der Waals surface area contributed by atoms with E-state index in [2.05, 4.69) is 42.8 Å². The number of rotatable bonds is 2. The van der Waals surface area contributed by atoms with Gasteiger partial charge in [0.1, 0.15) is 16.2 Å². The minimum atomic E-state index is 0.548. The van der Waals surface area contributed by atoms with Crippen molar-refractivity contribution >= 4 is 28.1 Å². The highest BCUT2D eigenvalue weighted by molar-refractivity contribution is 9.10. The summed E-state index contributed by atoms with van der Waals surface area (Å²) in [6, 6.07) is 1.81. The van der Waals surface area contributed by atoms with Gasteiger partial charge in [0.15, 0.2) is 5.82 Å². The molecule has 0 bridgehead atoms. The van der Waals surface area contributed by atoms with Crippen LogP contribution in [-0.2, 0) is 6.42 Å². The fourth-order valence-electron chi connectivity index (χ4n) is 1.46. The van der Waals surface area contributed by atoms with Crippen molar-refractivity contribution in [2.45, 2.75) is 20.3 Å². The molecule has 0 aromatic carbocycles. The summed E-state index contributed by atoms with van der Waals surface area (Å²) in [6.07, 6.45) is 2.56. The Hall–Kier alpha value is -1.14. The summed E-state index contributed by atoms with van der Waals surface area (Å²) in [5.41, 5.74) is 1.78. The number of halogens is 1. The zero-order chi connectivity index (χ0) is 12.4. The summed E-state index contributed by atoms with van der Waals surface area (Å²) in [5, 5.41) is 0. The number of aryl methyl sites for hydroxylation is 2. The van der Waals surface area contributed by atoms with Gasteiger partial charge >= 0.3 is 0 Å². The zero-order valence-electron chi connectivity index (χ0n) is 9.49. The van der Waals surface area contributed by atoms with E-state index in [1.165, 1.54) is 0 Å². The summed E-state index contributed by atoms with van der Waals surface area (Å²) in [7, 11) is 0. The second-order valence-corrected chi connectivity index (χ2v) is 4.71. The van der Waals surface area contributed by atoms with Gasteiger partial charge in [-0.15, -0.1) is 0 Å². The Morgan fingerprint density at radius 2 is 2.18 bits per heavy atom. The van der Waals surface area contributed by atoms with E-state index >= 15 is 0 Å². The fraction of sp³-hybridized carbons (Fsp3) is 0.273. The summed E-state index contributed by atoms with van der Waals surface area (Å²) < 4.78 is 1.40. The van der Waals surface area contributed by atoms with E-state index in [9.17, 15) is 0 Å². The Bertz CT molecular complexity index is 609. The lowest BCUT2D eigenvalue weighted by molar-refractivity contribution is 0.965. The number of aromatic amines is 1. The number of nitrogens with zero attached hydrogens (tertiary/aromatic N) is 3. The Kier molecular flexibility index (Phi) is 3.63. The molecule has 2 aromatic rings. The molecule has 2 aromatic heterocycles. The molecular weight excluding hydrogens is 300 g/mol. The van der Waals surface area contributed by atoms with E-state index in [-0.39, 0.29) is 0 Å². The maximum absolute atomic E-state index is 5.21. The number of hydrogen-bond donors (Lipinski definition) is 1. The Balaban J connectivity index is 2.61. The van der Waals surface area contributed by atoms with Crippen molar-refractivity contribution in [1.29, 1.82) is 0 Å². The van der Waals surface area contributed by atoms with Crippen molar-refractivity contribution in [3.8, 4) is 11.5 Å². The standard InChI is InChI=1S/C11H11BrN4S/c1-3-7-9(12)11(17)16-10(15-7)8-4-5-13-6(2)14-8/h4-5H,3H2,1-2H3,(H,15,16,17). The summed E-state index contributed by atoms with van der Waals surface area (Å²) in [4.78, 5) is 15.9. The van der Waals surface area contributed by atoms with Crippen LogP contribution in [0.3, 0.4) is 0 Å². The fourth-order valence-corrected chi connectivity index (χ4v) is 2.14. The molecule has 0 unspecified atom stereocenters. The molecule has 0 radical (unpaired) electrons. The van der Waals surface area contributed by atoms with Crippen LogP contribution in [0.15, 0.2) is 16.7 Å². The van der Waals surface area contributed by atoms with Crippen LogP contribution in [-0.4, -0.2) is 19.9 Å². The third kappa shape index (κ3) is 2.58. The van der Waals surface area contributed by atoms with E-state index in [0.717, 1.165) is 22.3 Å². The molecular formula is C11H11BrN4S. The molecule has 88 valence electrons. The number of nitrogens with one attached hydrogen (secondary N) is 1. The van der Waals surface area contributed by atoms with Crippen molar-refractivity contribution < 1.29 is 0 Å². The third-order valence-corrected chi connectivity index (χ3v) is 3.72. The predicted octanol–water partition coefficient (Wildman–Crippen LogP) is 3.23. The van der Waals surface area contributed by atoms with E-state index in [0.29, 0.717) is 16.3 Å². The van der Waals surface area contributed by atoms with Crippen LogP contribution in [0.4, 0.5) is 0 Å². The Morgan fingerprint density at radius 1 is 1.41 bits per heavy atom. The van der Waals surface area contributed by atoms with Crippen LogP contribution in [0.25, 0.3) is 11.5 Å². The van der Waals surface area contributed by atoms with Gasteiger partial charge < -0.3 is 4.98 Å². The average molecular weight is 311 g/mol. The maximum atomic E-state index is 5.21. The molecule has 6 heteroatoms. The lowest BCUT2D eigenvalue weighted by Gasteiger charge is -2.06. The lowest BCUT2D eigenvalue weighted by Crippen LogP contribution is -1.99. The molecule has 0 aliphatic carbocycles. The minimum Gasteiger partial charge on any atom is -0.341 e. The SMILES string of the molecule is CCc1[nH]c(-c2ccnc(C)n2)nc(=S)c1Br. The molecule has 2 heterocycles. The molecule has 0 atom stereocenters. The third-order valence-electron chi connectivity index (χ3n) is 2.31. The molecule has 0 saturated heterocycles. The predicted molar refractivity (Wildman–Crippen MR) is 72.3 cm³/mol. The highest BCUT2D eigenvalue weighted by Gasteiger charge is 2.07. The first-order valence-electron chi connectivity index (χ1n) is 5.20. The van der Waals surface area contributed by atoms with E-state index in [1.54, 1.807) is 6.20 Å². The first kappa shape index (κ1) is 12.3. The van der Waals surface area contributed by atoms with E-state index in [4.69, 9.17) is 12.2 Å². The Labute approximate surface area is 113 Å². The number of H-pyrrole nitrogens is 1. The van der Waals surface area contributed by atoms with E-state index in [1.807, 2.05) is 13.0 Å². The van der Waals surface area contributed by atoms with Crippen LogP contribution in [0.1, 0.15) is 18.4 Å². The van der Waals surface area contributed by atoms with Crippen LogP contribution < -0.4 is 0 Å². The maximum Gasteiger partial charge on any atom is 0.158 e. The second kappa shape index (κ2) is 5.01. The van der Waals surface area contributed by atoms with Gasteiger partial charge in [0, 0.05) is 11.9 Å². The van der Waals surface area contributed by atoms with Crippen molar-refractivity contribution in [3.05, 3.63) is 32.9 Å². The lowest BCUT2D eigenvalue weighted by atomic mass is 10.3. The molecule has 2 rings (SSSR count). The van der Waals surface area contributed by atoms with Crippen LogP contribution >= 0.6 is 28.1 Å². The zero-order valence-corrected chi connectivity index (χ0v) is 11.9. The normalized spacial score (nSPS) is 10.5. The van der Waals surface area contributed by atoms with Gasteiger partial charge in [0.2, 0.25) is 0 Å². The summed E-state index contributed by atoms with van der Waals surface area (Å²) >= 11 is 8.64. The largest absolute Gasteiger partial charge is 0.341 e. The van der Waals surface area contributed by atoms with Crippen LogP contribution in [0.2, 0.25) is 0 Å². The average Bonchev–Trinajstić information content (AvgIpc) is 2.32. The van der Waals surface area contributed by atoms with Crippen molar-refractivity contribution in [2.75, 3.05) is 0 Å². The van der Waals surface area contributed by atoms with Crippen LogP contribution in [0, 0.1) is 11.6 Å². The molecule has 0 saturated carbocycles. The Morgan fingerprint density at radius 3 is 2.82 bits per heavy atom. The molecule has 0 aliphatic heterocycles. The highest BCUT2D eigenvalue weighted by atomic mass is 79.9. The second-order valence-electron chi connectivity index (χ2n) is 3.53.